The average Bonchev–Trinajstić information content (AvgIpc) is 2.25. The van der Waals surface area contributed by atoms with Crippen LogP contribution < -0.4 is 0 Å². The quantitative estimate of drug-likeness (QED) is 0.524. The molecule has 1 N–H and O–H groups in total. The molecule has 0 saturated carbocycles. The molecule has 0 aliphatic carbocycles. The van der Waals surface area contributed by atoms with Crippen LogP contribution in [-0.4, -0.2) is 21.0 Å². The molecule has 0 spiro atoms. The number of hydrogen-bond donors (Lipinski definition) is 1. The highest BCUT2D eigenvalue weighted by atomic mass is 19.4. The lowest BCUT2D eigenvalue weighted by Gasteiger charge is -2.11. The lowest BCUT2D eigenvalue weighted by Crippen LogP contribution is -2.15. The predicted octanol–water partition coefficient (Wildman–Crippen LogP) is 2.57. The van der Waals surface area contributed by atoms with E-state index >= 15 is 0 Å². The van der Waals surface area contributed by atoms with Crippen molar-refractivity contribution in [3.05, 3.63) is 33.1 Å². The van der Waals surface area contributed by atoms with E-state index in [1.807, 2.05) is 0 Å². The van der Waals surface area contributed by atoms with E-state index in [0.29, 0.717) is 0 Å². The number of rotatable bonds is 4. The summed E-state index contributed by atoms with van der Waals surface area (Å²) < 4.78 is 62.6. The van der Waals surface area contributed by atoms with Crippen LogP contribution in [0.2, 0.25) is 0 Å². The second-order valence-corrected chi connectivity index (χ2v) is 3.52. The number of carboxylic acid groups (broad SMARTS) is 1. The van der Waals surface area contributed by atoms with Crippen LogP contribution in [0.5, 0.6) is 0 Å². The Bertz CT molecular complexity index is 558. The van der Waals surface area contributed by atoms with Crippen molar-refractivity contribution in [2.45, 2.75) is 19.0 Å². The molecule has 1 rings (SSSR count). The summed E-state index contributed by atoms with van der Waals surface area (Å²) in [5.74, 6) is -1.74. The van der Waals surface area contributed by atoms with Gasteiger partial charge in [0.05, 0.1) is 16.9 Å². The standard InChI is InChI=1S/C9H5F5N2O4/c10-8(11)3-1-5(9(12,13)14)15-4(2-6(17)18)7(3)16(19)20/h1,8H,2H2,(H,17,18). The van der Waals surface area contributed by atoms with Crippen LogP contribution in [0.15, 0.2) is 6.07 Å². The molecule has 0 amide bonds. The van der Waals surface area contributed by atoms with Gasteiger partial charge in [0.15, 0.2) is 0 Å². The smallest absolute Gasteiger partial charge is 0.433 e. The largest absolute Gasteiger partial charge is 0.481 e. The normalized spacial score (nSPS) is 11.7. The number of alkyl halides is 5. The van der Waals surface area contributed by atoms with Gasteiger partial charge in [-0.2, -0.15) is 13.2 Å². The van der Waals surface area contributed by atoms with Crippen LogP contribution in [0.3, 0.4) is 0 Å². The maximum Gasteiger partial charge on any atom is 0.433 e. The fourth-order valence-corrected chi connectivity index (χ4v) is 1.40. The molecular formula is C9H5F5N2O4. The van der Waals surface area contributed by atoms with E-state index in [2.05, 4.69) is 4.98 Å². The van der Waals surface area contributed by atoms with Crippen molar-refractivity contribution in [3.63, 3.8) is 0 Å². The number of nitro groups is 1. The van der Waals surface area contributed by atoms with E-state index < -0.39 is 52.6 Å². The van der Waals surface area contributed by atoms with Gasteiger partial charge >= 0.3 is 12.1 Å². The number of carboxylic acids is 1. The van der Waals surface area contributed by atoms with Crippen molar-refractivity contribution in [1.29, 1.82) is 0 Å². The van der Waals surface area contributed by atoms with E-state index in [1.165, 1.54) is 0 Å². The number of carbonyl (C=O) groups is 1. The van der Waals surface area contributed by atoms with Crippen molar-refractivity contribution < 1.29 is 36.8 Å². The molecule has 0 saturated heterocycles. The van der Waals surface area contributed by atoms with Crippen LogP contribution in [0, 0.1) is 10.1 Å². The van der Waals surface area contributed by atoms with Gasteiger partial charge in [-0.05, 0) is 6.07 Å². The molecule has 0 radical (unpaired) electrons. The van der Waals surface area contributed by atoms with Gasteiger partial charge in [-0.15, -0.1) is 0 Å². The minimum absolute atomic E-state index is 0.159. The number of halogens is 5. The molecule has 20 heavy (non-hydrogen) atoms. The van der Waals surface area contributed by atoms with Gasteiger partial charge in [-0.3, -0.25) is 14.9 Å². The maximum atomic E-state index is 12.6. The minimum atomic E-state index is -5.13. The summed E-state index contributed by atoms with van der Waals surface area (Å²) in [5, 5.41) is 19.1. The Hall–Kier alpha value is -2.33. The summed E-state index contributed by atoms with van der Waals surface area (Å²) in [4.78, 5) is 22.5. The molecule has 0 aromatic carbocycles. The van der Waals surface area contributed by atoms with Gasteiger partial charge in [-0.1, -0.05) is 0 Å². The third-order valence-corrected chi connectivity index (χ3v) is 2.12. The summed E-state index contributed by atoms with van der Waals surface area (Å²) in [6.45, 7) is 0. The fraction of sp³-hybridized carbons (Fsp3) is 0.333. The van der Waals surface area contributed by atoms with Crippen molar-refractivity contribution >= 4 is 11.7 Å². The van der Waals surface area contributed by atoms with Gasteiger partial charge in [0.1, 0.15) is 11.4 Å². The highest BCUT2D eigenvalue weighted by Crippen LogP contribution is 2.36. The topological polar surface area (TPSA) is 93.3 Å². The summed E-state index contributed by atoms with van der Waals surface area (Å²) in [5.41, 5.74) is -5.92. The average molecular weight is 300 g/mol. The van der Waals surface area contributed by atoms with Gasteiger partial charge < -0.3 is 5.11 Å². The summed E-state index contributed by atoms with van der Waals surface area (Å²) >= 11 is 0. The molecule has 0 aliphatic heterocycles. The second-order valence-electron chi connectivity index (χ2n) is 3.52. The first-order valence-corrected chi connectivity index (χ1v) is 4.79. The third-order valence-electron chi connectivity index (χ3n) is 2.12. The van der Waals surface area contributed by atoms with Crippen molar-refractivity contribution in [3.8, 4) is 0 Å². The Morgan fingerprint density at radius 1 is 1.45 bits per heavy atom. The molecule has 0 bridgehead atoms. The molecule has 110 valence electrons. The Morgan fingerprint density at radius 2 is 2.00 bits per heavy atom. The minimum Gasteiger partial charge on any atom is -0.481 e. The van der Waals surface area contributed by atoms with Gasteiger partial charge in [0.2, 0.25) is 0 Å². The first kappa shape index (κ1) is 15.7. The Morgan fingerprint density at radius 3 is 2.35 bits per heavy atom. The monoisotopic (exact) mass is 300 g/mol. The van der Waals surface area contributed by atoms with E-state index in [0.717, 1.165) is 0 Å². The number of aliphatic carboxylic acids is 1. The van der Waals surface area contributed by atoms with Crippen LogP contribution in [0.1, 0.15) is 23.4 Å². The Balaban J connectivity index is 3.63. The number of hydrogen-bond acceptors (Lipinski definition) is 4. The zero-order valence-corrected chi connectivity index (χ0v) is 9.32. The van der Waals surface area contributed by atoms with Crippen molar-refractivity contribution in [2.75, 3.05) is 0 Å². The van der Waals surface area contributed by atoms with E-state index in [4.69, 9.17) is 5.11 Å². The van der Waals surface area contributed by atoms with E-state index in [9.17, 15) is 36.9 Å². The van der Waals surface area contributed by atoms with Crippen LogP contribution in [-0.2, 0) is 17.4 Å². The van der Waals surface area contributed by atoms with Crippen molar-refractivity contribution in [1.82, 2.24) is 4.98 Å². The van der Waals surface area contributed by atoms with Crippen LogP contribution in [0.4, 0.5) is 27.6 Å². The molecule has 0 unspecified atom stereocenters. The molecule has 0 atom stereocenters. The summed E-state index contributed by atoms with van der Waals surface area (Å²) in [6, 6.07) is -0.159. The molecule has 6 nitrogen and oxygen atoms in total. The van der Waals surface area contributed by atoms with Gasteiger partial charge in [0.25, 0.3) is 12.1 Å². The molecule has 1 aromatic heterocycles. The molecule has 0 aliphatic rings. The SMILES string of the molecule is O=C(O)Cc1nc(C(F)(F)F)cc(C(F)F)c1[N+](=O)[O-]. The fourth-order valence-electron chi connectivity index (χ4n) is 1.40. The molecular weight excluding hydrogens is 295 g/mol. The highest BCUT2D eigenvalue weighted by Gasteiger charge is 2.38. The molecule has 11 heteroatoms. The Kier molecular flexibility index (Phi) is 4.20. The number of nitrogens with zero attached hydrogens (tertiary/aromatic N) is 2. The van der Waals surface area contributed by atoms with Crippen LogP contribution in [0.25, 0.3) is 0 Å². The Labute approximate surface area is 107 Å². The molecule has 1 heterocycles. The second kappa shape index (κ2) is 5.35. The maximum absolute atomic E-state index is 12.6. The number of pyridine rings is 1. The van der Waals surface area contributed by atoms with Crippen LogP contribution >= 0.6 is 0 Å². The summed E-state index contributed by atoms with van der Waals surface area (Å²) in [7, 11) is 0. The number of aromatic nitrogens is 1. The highest BCUT2D eigenvalue weighted by molar-refractivity contribution is 5.71. The van der Waals surface area contributed by atoms with Gasteiger partial charge in [-0.25, -0.2) is 13.8 Å². The predicted molar refractivity (Wildman–Crippen MR) is 52.2 cm³/mol. The van der Waals surface area contributed by atoms with E-state index in [-0.39, 0.29) is 6.07 Å². The van der Waals surface area contributed by atoms with E-state index in [1.54, 1.807) is 0 Å². The first-order chi connectivity index (χ1) is 9.04. The zero-order valence-electron chi connectivity index (χ0n) is 9.32. The lowest BCUT2D eigenvalue weighted by atomic mass is 10.1. The molecule has 0 fully saturated rings. The van der Waals surface area contributed by atoms with Crippen molar-refractivity contribution in [2.24, 2.45) is 0 Å². The van der Waals surface area contributed by atoms with Gasteiger partial charge in [0, 0.05) is 0 Å². The lowest BCUT2D eigenvalue weighted by molar-refractivity contribution is -0.387. The first-order valence-electron chi connectivity index (χ1n) is 4.79. The third kappa shape index (κ3) is 3.36. The zero-order chi connectivity index (χ0) is 15.7. The molecule has 1 aromatic rings. The summed E-state index contributed by atoms with van der Waals surface area (Å²) in [6.07, 6.45) is -9.99.